The maximum absolute atomic E-state index is 12.1. The van der Waals surface area contributed by atoms with Crippen molar-refractivity contribution in [1.82, 2.24) is 15.0 Å². The average molecular weight is 462 g/mol. The highest BCUT2D eigenvalue weighted by molar-refractivity contribution is 5.49. The van der Waals surface area contributed by atoms with Gasteiger partial charge < -0.3 is 20.1 Å². The number of methoxy groups -OCH3 is 1. The van der Waals surface area contributed by atoms with Crippen molar-refractivity contribution in [3.05, 3.63) is 59.4 Å². The van der Waals surface area contributed by atoms with E-state index in [0.717, 1.165) is 37.8 Å². The lowest BCUT2D eigenvalue weighted by atomic mass is 9.53. The zero-order chi connectivity index (χ0) is 23.7. The Morgan fingerprint density at radius 1 is 1.06 bits per heavy atom. The van der Waals surface area contributed by atoms with Crippen LogP contribution in [-0.2, 0) is 12.0 Å². The first-order valence-corrected chi connectivity index (χ1v) is 12.2. The molecule has 0 spiro atoms. The van der Waals surface area contributed by atoms with E-state index in [0.29, 0.717) is 35.6 Å². The van der Waals surface area contributed by atoms with Gasteiger partial charge in [-0.05, 0) is 104 Å². The van der Waals surface area contributed by atoms with E-state index in [1.807, 2.05) is 18.3 Å². The number of nitrogens with zero attached hydrogens (tertiary/aromatic N) is 3. The van der Waals surface area contributed by atoms with Crippen molar-refractivity contribution in [2.45, 2.75) is 57.0 Å². The molecular weight excluding hydrogens is 430 g/mol. The highest BCUT2D eigenvalue weighted by Gasteiger charge is 2.63. The molecular formula is C27H31N3O4. The monoisotopic (exact) mass is 461 g/mol. The molecule has 34 heavy (non-hydrogen) atoms. The van der Waals surface area contributed by atoms with Crippen LogP contribution in [0.5, 0.6) is 17.2 Å². The van der Waals surface area contributed by atoms with Crippen molar-refractivity contribution in [3.63, 3.8) is 0 Å². The summed E-state index contributed by atoms with van der Waals surface area (Å²) in [5, 5.41) is 40.7. The van der Waals surface area contributed by atoms with Crippen LogP contribution in [0.4, 0.5) is 0 Å². The molecule has 3 N–H and O–H groups in total. The Labute approximate surface area is 199 Å². The minimum Gasteiger partial charge on any atom is -0.508 e. The van der Waals surface area contributed by atoms with Crippen LogP contribution in [0.2, 0.25) is 0 Å². The number of hydrogen-bond donors (Lipinski definition) is 3. The van der Waals surface area contributed by atoms with Gasteiger partial charge in [0, 0.05) is 5.41 Å². The van der Waals surface area contributed by atoms with E-state index in [4.69, 9.17) is 4.74 Å². The highest BCUT2D eigenvalue weighted by atomic mass is 16.5. The lowest BCUT2D eigenvalue weighted by molar-refractivity contribution is -0.111. The smallest absolute Gasteiger partial charge is 0.160 e. The van der Waals surface area contributed by atoms with Crippen molar-refractivity contribution >= 4 is 0 Å². The Kier molecular flexibility index (Phi) is 4.72. The molecule has 2 fully saturated rings. The van der Waals surface area contributed by atoms with Crippen LogP contribution in [0.15, 0.2) is 42.6 Å². The third-order valence-corrected chi connectivity index (χ3v) is 9.21. The maximum Gasteiger partial charge on any atom is 0.160 e. The molecule has 2 aromatic carbocycles. The Morgan fingerprint density at radius 2 is 1.85 bits per heavy atom. The quantitative estimate of drug-likeness (QED) is 0.534. The van der Waals surface area contributed by atoms with E-state index in [1.165, 1.54) is 11.1 Å². The van der Waals surface area contributed by atoms with Gasteiger partial charge >= 0.3 is 0 Å². The van der Waals surface area contributed by atoms with Gasteiger partial charge in [0.2, 0.25) is 0 Å². The number of aromatic nitrogens is 3. The third kappa shape index (κ3) is 2.92. The molecule has 3 aliphatic rings. The topological polar surface area (TPSA) is 101 Å². The fourth-order valence-corrected chi connectivity index (χ4v) is 7.37. The summed E-state index contributed by atoms with van der Waals surface area (Å²) in [5.74, 6) is 2.26. The summed E-state index contributed by atoms with van der Waals surface area (Å²) in [7, 11) is 1.60. The molecule has 5 atom stereocenters. The van der Waals surface area contributed by atoms with Gasteiger partial charge in [-0.3, -0.25) is 0 Å². The molecule has 0 amide bonds. The molecule has 2 saturated carbocycles. The van der Waals surface area contributed by atoms with Gasteiger partial charge in [0.05, 0.1) is 19.0 Å². The summed E-state index contributed by atoms with van der Waals surface area (Å²) in [6, 6.07) is 10.7. The number of phenolic OH excluding ortho intramolecular Hbond substituents is 2. The molecule has 0 radical (unpaired) electrons. The van der Waals surface area contributed by atoms with Gasteiger partial charge in [-0.25, -0.2) is 4.68 Å². The largest absolute Gasteiger partial charge is 0.508 e. The predicted molar refractivity (Wildman–Crippen MR) is 126 cm³/mol. The van der Waals surface area contributed by atoms with Crippen LogP contribution in [-0.4, -0.2) is 37.4 Å². The Balaban J connectivity index is 1.32. The van der Waals surface area contributed by atoms with Crippen LogP contribution in [0.25, 0.3) is 5.69 Å². The van der Waals surface area contributed by atoms with Crippen LogP contribution in [0.3, 0.4) is 0 Å². The molecule has 1 heterocycles. The molecule has 1 aromatic heterocycles. The number of benzene rings is 2. The van der Waals surface area contributed by atoms with E-state index < -0.39 is 5.60 Å². The number of rotatable bonds is 3. The zero-order valence-corrected chi connectivity index (χ0v) is 19.6. The van der Waals surface area contributed by atoms with Crippen molar-refractivity contribution in [1.29, 1.82) is 0 Å². The van der Waals surface area contributed by atoms with Crippen molar-refractivity contribution in [2.75, 3.05) is 7.11 Å². The van der Waals surface area contributed by atoms with Crippen LogP contribution in [0.1, 0.15) is 61.8 Å². The van der Waals surface area contributed by atoms with E-state index in [-0.39, 0.29) is 16.9 Å². The first-order valence-electron chi connectivity index (χ1n) is 12.2. The summed E-state index contributed by atoms with van der Waals surface area (Å²) in [4.78, 5) is 0. The second-order valence-electron chi connectivity index (χ2n) is 10.6. The number of hydrogen-bond acceptors (Lipinski definition) is 6. The third-order valence-electron chi connectivity index (χ3n) is 9.21. The molecule has 7 heteroatoms. The van der Waals surface area contributed by atoms with Crippen LogP contribution < -0.4 is 4.74 Å². The minimum absolute atomic E-state index is 0.201. The average Bonchev–Trinajstić information content (AvgIpc) is 3.43. The molecule has 3 aromatic rings. The lowest BCUT2D eigenvalue weighted by Gasteiger charge is -2.52. The van der Waals surface area contributed by atoms with E-state index in [1.54, 1.807) is 36.1 Å². The minimum atomic E-state index is -1.02. The lowest BCUT2D eigenvalue weighted by Crippen LogP contribution is -2.49. The summed E-state index contributed by atoms with van der Waals surface area (Å²) >= 11 is 0. The highest BCUT2D eigenvalue weighted by Crippen LogP contribution is 2.67. The summed E-state index contributed by atoms with van der Waals surface area (Å²) in [5.41, 5.74) is 2.67. The Hall–Kier alpha value is -3.06. The standard InChI is InChI=1S/C27H31N3O4/c1-26-11-9-19-20(8-3-16-13-23(32)24(34-2)14-21(16)19)22(26)10-12-27(26,33)25-15-30(29-28-25)17-4-6-18(31)7-5-17/h4-7,13-15,19-20,22,31-33H,3,8-12H2,1-2H3/t19-,20+,22-,26-,27+/m0/s1. The summed E-state index contributed by atoms with van der Waals surface area (Å²) in [6.45, 7) is 2.24. The van der Waals surface area contributed by atoms with E-state index in [9.17, 15) is 15.3 Å². The number of ether oxygens (including phenoxy) is 1. The Morgan fingerprint density at radius 3 is 2.62 bits per heavy atom. The number of aryl methyl sites for hydroxylation is 1. The molecule has 0 aliphatic heterocycles. The first kappa shape index (κ1) is 21.5. The van der Waals surface area contributed by atoms with Gasteiger partial charge in [0.1, 0.15) is 17.0 Å². The molecule has 7 nitrogen and oxygen atoms in total. The van der Waals surface area contributed by atoms with Gasteiger partial charge in [0.25, 0.3) is 0 Å². The second-order valence-corrected chi connectivity index (χ2v) is 10.6. The maximum atomic E-state index is 12.1. The molecule has 0 saturated heterocycles. The number of aliphatic hydroxyl groups is 1. The summed E-state index contributed by atoms with van der Waals surface area (Å²) in [6.07, 6.45) is 7.39. The molecule has 3 aliphatic carbocycles. The fraction of sp³-hybridized carbons (Fsp3) is 0.481. The number of phenols is 2. The van der Waals surface area contributed by atoms with E-state index in [2.05, 4.69) is 17.2 Å². The molecule has 0 unspecified atom stereocenters. The van der Waals surface area contributed by atoms with Gasteiger partial charge in [0.15, 0.2) is 11.5 Å². The molecule has 6 rings (SSSR count). The van der Waals surface area contributed by atoms with Gasteiger partial charge in [-0.1, -0.05) is 12.1 Å². The second kappa shape index (κ2) is 7.47. The molecule has 0 bridgehead atoms. The van der Waals surface area contributed by atoms with E-state index >= 15 is 0 Å². The van der Waals surface area contributed by atoms with Gasteiger partial charge in [-0.15, -0.1) is 5.10 Å². The van der Waals surface area contributed by atoms with Crippen molar-refractivity contribution in [3.8, 4) is 22.9 Å². The fourth-order valence-electron chi connectivity index (χ4n) is 7.37. The SMILES string of the molecule is COc1cc2c(cc1O)CC[C@@H]1[C@@H]2CC[C@@]2(C)[C@H]1CC[C@@]2(O)c1cn(-c2ccc(O)cc2)nn1. The van der Waals surface area contributed by atoms with Crippen LogP contribution in [0, 0.1) is 17.3 Å². The van der Waals surface area contributed by atoms with Crippen molar-refractivity contribution in [2.24, 2.45) is 17.3 Å². The molecule has 178 valence electrons. The Bertz CT molecular complexity index is 1240. The van der Waals surface area contributed by atoms with Gasteiger partial charge in [-0.2, -0.15) is 0 Å². The van der Waals surface area contributed by atoms with Crippen LogP contribution >= 0.6 is 0 Å². The number of aromatic hydroxyl groups is 2. The summed E-state index contributed by atoms with van der Waals surface area (Å²) < 4.78 is 7.08. The normalized spacial score (nSPS) is 32.0. The van der Waals surface area contributed by atoms with Crippen molar-refractivity contribution < 1.29 is 20.1 Å². The predicted octanol–water partition coefficient (Wildman–Crippen LogP) is 4.43. The number of fused-ring (bicyclic) bond motifs is 5. The zero-order valence-electron chi connectivity index (χ0n) is 19.6. The first-order chi connectivity index (χ1) is 16.3.